The molecule has 4 rings (SSSR count). The molecule has 6 nitrogen and oxygen atoms in total. The van der Waals surface area contributed by atoms with Crippen molar-refractivity contribution < 1.29 is 19.1 Å². The fourth-order valence-electron chi connectivity index (χ4n) is 4.74. The molecule has 1 N–H and O–H groups in total. The standard InChI is InChI=1S/C26H34N2O4/c29-23(21-7-2-1-3-8-21)9-6-10-26(30)27-22(19-28-13-4-5-14-28)17-20-11-12-24-25(18-20)32-16-15-31-24/h1-3,7-8,12,18,20,22H,4-6,9-11,13-17,19H2,(H,27,30). The molecule has 3 aliphatic rings. The van der Waals surface area contributed by atoms with Crippen molar-refractivity contribution in [1.82, 2.24) is 10.2 Å². The van der Waals surface area contributed by atoms with Crippen molar-refractivity contribution in [1.29, 1.82) is 0 Å². The minimum atomic E-state index is 0.0343. The third-order valence-electron chi connectivity index (χ3n) is 6.37. The second kappa shape index (κ2) is 11.3. The van der Waals surface area contributed by atoms with Crippen LogP contribution in [0.1, 0.15) is 55.3 Å². The van der Waals surface area contributed by atoms with E-state index in [9.17, 15) is 9.59 Å². The first-order valence-corrected chi connectivity index (χ1v) is 12.0. The van der Waals surface area contributed by atoms with Gasteiger partial charge in [-0.2, -0.15) is 0 Å². The summed E-state index contributed by atoms with van der Waals surface area (Å²) in [6.07, 6.45) is 9.86. The largest absolute Gasteiger partial charge is 0.486 e. The Morgan fingerprint density at radius 2 is 1.78 bits per heavy atom. The second-order valence-electron chi connectivity index (χ2n) is 8.94. The summed E-state index contributed by atoms with van der Waals surface area (Å²) < 4.78 is 11.4. The Bertz CT molecular complexity index is 843. The van der Waals surface area contributed by atoms with Crippen LogP contribution in [-0.2, 0) is 14.3 Å². The lowest BCUT2D eigenvalue weighted by molar-refractivity contribution is -0.122. The maximum atomic E-state index is 12.7. The van der Waals surface area contributed by atoms with E-state index in [0.717, 1.165) is 44.0 Å². The molecule has 1 aromatic rings. The fourth-order valence-corrected chi connectivity index (χ4v) is 4.74. The van der Waals surface area contributed by atoms with Gasteiger partial charge in [-0.3, -0.25) is 9.59 Å². The number of benzene rings is 1. The molecule has 2 heterocycles. The maximum Gasteiger partial charge on any atom is 0.220 e. The number of likely N-dealkylation sites (tertiary alicyclic amines) is 1. The summed E-state index contributed by atoms with van der Waals surface area (Å²) in [7, 11) is 0. The van der Waals surface area contributed by atoms with E-state index in [1.165, 1.54) is 12.8 Å². The Balaban J connectivity index is 1.28. The van der Waals surface area contributed by atoms with Crippen LogP contribution in [0.5, 0.6) is 0 Å². The van der Waals surface area contributed by atoms with Gasteiger partial charge in [0.15, 0.2) is 17.3 Å². The van der Waals surface area contributed by atoms with E-state index in [2.05, 4.69) is 22.4 Å². The van der Waals surface area contributed by atoms with Crippen LogP contribution in [0.4, 0.5) is 0 Å². The van der Waals surface area contributed by atoms with Gasteiger partial charge >= 0.3 is 0 Å². The van der Waals surface area contributed by atoms with Gasteiger partial charge in [0, 0.05) is 31.0 Å². The highest BCUT2D eigenvalue weighted by atomic mass is 16.6. The molecule has 0 saturated carbocycles. The van der Waals surface area contributed by atoms with Crippen molar-refractivity contribution in [3.63, 3.8) is 0 Å². The van der Waals surface area contributed by atoms with Crippen LogP contribution in [-0.4, -0.2) is 55.5 Å². The van der Waals surface area contributed by atoms with E-state index in [1.807, 2.05) is 30.3 Å². The number of amides is 1. The summed E-state index contributed by atoms with van der Waals surface area (Å²) in [5.41, 5.74) is 0.714. The normalized spacial score (nSPS) is 21.4. The molecule has 0 aromatic heterocycles. The summed E-state index contributed by atoms with van der Waals surface area (Å²) in [4.78, 5) is 27.4. The zero-order valence-corrected chi connectivity index (χ0v) is 18.8. The minimum Gasteiger partial charge on any atom is -0.486 e. The van der Waals surface area contributed by atoms with E-state index < -0.39 is 0 Å². The number of carbonyl (C=O) groups is 2. The number of hydrogen-bond acceptors (Lipinski definition) is 5. The van der Waals surface area contributed by atoms with Crippen molar-refractivity contribution in [2.45, 2.75) is 51.0 Å². The first-order valence-electron chi connectivity index (χ1n) is 12.0. The van der Waals surface area contributed by atoms with Gasteiger partial charge in [-0.15, -0.1) is 0 Å². The Kier molecular flexibility index (Phi) is 7.99. The Morgan fingerprint density at radius 1 is 1.03 bits per heavy atom. The average molecular weight is 439 g/mol. The van der Waals surface area contributed by atoms with Crippen LogP contribution in [0, 0.1) is 5.92 Å². The van der Waals surface area contributed by atoms with Gasteiger partial charge in [0.05, 0.1) is 0 Å². The van der Waals surface area contributed by atoms with Gasteiger partial charge in [0.2, 0.25) is 5.91 Å². The average Bonchev–Trinajstić information content (AvgIpc) is 3.32. The number of fused-ring (bicyclic) bond motifs is 1. The van der Waals surface area contributed by atoms with E-state index in [0.29, 0.717) is 44.0 Å². The smallest absolute Gasteiger partial charge is 0.220 e. The lowest BCUT2D eigenvalue weighted by Gasteiger charge is -2.30. The zero-order valence-electron chi connectivity index (χ0n) is 18.8. The van der Waals surface area contributed by atoms with Gasteiger partial charge in [-0.1, -0.05) is 30.3 Å². The highest BCUT2D eigenvalue weighted by molar-refractivity contribution is 5.96. The fraction of sp³-hybridized carbons (Fsp3) is 0.538. The molecule has 1 aromatic carbocycles. The monoisotopic (exact) mass is 438 g/mol. The molecule has 172 valence electrons. The first kappa shape index (κ1) is 22.6. The summed E-state index contributed by atoms with van der Waals surface area (Å²) in [6, 6.07) is 9.38. The molecule has 2 aliphatic heterocycles. The van der Waals surface area contributed by atoms with Crippen LogP contribution >= 0.6 is 0 Å². The van der Waals surface area contributed by atoms with Crippen molar-refractivity contribution in [3.05, 3.63) is 59.6 Å². The Hall–Kier alpha value is -2.60. The zero-order chi connectivity index (χ0) is 22.2. The number of nitrogens with one attached hydrogen (secondary N) is 1. The van der Waals surface area contributed by atoms with Crippen molar-refractivity contribution in [2.75, 3.05) is 32.8 Å². The van der Waals surface area contributed by atoms with Crippen molar-refractivity contribution in [3.8, 4) is 0 Å². The highest BCUT2D eigenvalue weighted by Crippen LogP contribution is 2.30. The van der Waals surface area contributed by atoms with E-state index in [4.69, 9.17) is 9.47 Å². The van der Waals surface area contributed by atoms with Gasteiger partial charge in [-0.05, 0) is 63.3 Å². The number of hydrogen-bond donors (Lipinski definition) is 1. The first-order chi connectivity index (χ1) is 15.7. The highest BCUT2D eigenvalue weighted by Gasteiger charge is 2.26. The van der Waals surface area contributed by atoms with Crippen LogP contribution in [0.3, 0.4) is 0 Å². The summed E-state index contributed by atoms with van der Waals surface area (Å²) in [5.74, 6) is 2.15. The van der Waals surface area contributed by atoms with E-state index >= 15 is 0 Å². The van der Waals surface area contributed by atoms with Gasteiger partial charge < -0.3 is 19.7 Å². The second-order valence-corrected chi connectivity index (χ2v) is 8.94. The number of carbonyl (C=O) groups excluding carboxylic acids is 2. The van der Waals surface area contributed by atoms with Gasteiger partial charge in [-0.25, -0.2) is 0 Å². The lowest BCUT2D eigenvalue weighted by atomic mass is 9.91. The predicted molar refractivity (Wildman–Crippen MR) is 123 cm³/mol. The van der Waals surface area contributed by atoms with E-state index in [-0.39, 0.29) is 17.7 Å². The third-order valence-corrected chi connectivity index (χ3v) is 6.37. The van der Waals surface area contributed by atoms with E-state index in [1.54, 1.807) is 0 Å². The Labute approximate surface area is 190 Å². The summed E-state index contributed by atoms with van der Waals surface area (Å²) in [6.45, 7) is 4.28. The predicted octanol–water partition coefficient (Wildman–Crippen LogP) is 3.84. The van der Waals surface area contributed by atoms with Crippen LogP contribution in [0.25, 0.3) is 0 Å². The molecule has 2 saturated heterocycles. The molecular formula is C26H34N2O4. The molecule has 2 fully saturated rings. The summed E-state index contributed by atoms with van der Waals surface area (Å²) >= 11 is 0. The van der Waals surface area contributed by atoms with Crippen LogP contribution < -0.4 is 5.32 Å². The number of nitrogens with zero attached hydrogens (tertiary/aromatic N) is 1. The SMILES string of the molecule is O=C(CCCC(=O)c1ccccc1)NC(CC1C=C2OCCOC2=CC1)CN1CCCC1. The minimum absolute atomic E-state index is 0.0343. The molecule has 1 aliphatic carbocycles. The number of ketones is 1. The molecule has 0 spiro atoms. The molecule has 1 amide bonds. The summed E-state index contributed by atoms with van der Waals surface area (Å²) in [5, 5.41) is 3.26. The molecule has 2 unspecified atom stereocenters. The number of allylic oxidation sites excluding steroid dienone is 2. The maximum absolute atomic E-state index is 12.7. The number of Topliss-reactive ketones (excluding diaryl/α,β-unsaturated/α-hetero) is 1. The number of ether oxygens (including phenoxy) is 2. The third kappa shape index (κ3) is 6.45. The topological polar surface area (TPSA) is 67.9 Å². The molecular weight excluding hydrogens is 404 g/mol. The van der Waals surface area contributed by atoms with Crippen LogP contribution in [0.2, 0.25) is 0 Å². The van der Waals surface area contributed by atoms with Gasteiger partial charge in [0.25, 0.3) is 0 Å². The molecule has 6 heteroatoms. The number of rotatable bonds is 10. The van der Waals surface area contributed by atoms with Crippen molar-refractivity contribution in [2.24, 2.45) is 5.92 Å². The lowest BCUT2D eigenvalue weighted by Crippen LogP contribution is -2.44. The molecule has 2 atom stereocenters. The van der Waals surface area contributed by atoms with Crippen molar-refractivity contribution >= 4 is 11.7 Å². The van der Waals surface area contributed by atoms with Gasteiger partial charge in [0.1, 0.15) is 13.2 Å². The Morgan fingerprint density at radius 3 is 2.56 bits per heavy atom. The van der Waals surface area contributed by atoms with Crippen LogP contribution in [0.15, 0.2) is 54.0 Å². The molecule has 0 radical (unpaired) electrons. The molecule has 32 heavy (non-hydrogen) atoms. The molecule has 0 bridgehead atoms. The quantitative estimate of drug-likeness (QED) is 0.562.